The average Bonchev–Trinajstić information content (AvgIpc) is 2.09. The van der Waals surface area contributed by atoms with Gasteiger partial charge >= 0.3 is 0 Å². The molecular formula is C7H13Cl2NO. The van der Waals surface area contributed by atoms with Crippen molar-refractivity contribution in [1.82, 2.24) is 5.06 Å². The normalized spacial score (nSPS) is 31.6. The van der Waals surface area contributed by atoms with Gasteiger partial charge in [-0.1, -0.05) is 0 Å². The molecule has 0 bridgehead atoms. The van der Waals surface area contributed by atoms with E-state index in [1.807, 2.05) is 13.8 Å². The maximum atomic E-state index is 9.55. The van der Waals surface area contributed by atoms with E-state index in [2.05, 4.69) is 0 Å². The first-order chi connectivity index (χ1) is 4.95. The summed E-state index contributed by atoms with van der Waals surface area (Å²) in [6, 6.07) is -0.103. The fraction of sp³-hybridized carbons (Fsp3) is 1.00. The Labute approximate surface area is 77.0 Å². The SMILES string of the molecule is CC1(C)CC[C@@H](C(Cl)Cl)N1O. The van der Waals surface area contributed by atoms with Gasteiger partial charge in [-0.25, -0.2) is 0 Å². The zero-order chi connectivity index (χ0) is 8.65. The van der Waals surface area contributed by atoms with Crippen LogP contribution < -0.4 is 0 Å². The number of alkyl halides is 2. The second-order valence-electron chi connectivity index (χ2n) is 3.60. The van der Waals surface area contributed by atoms with Crippen LogP contribution in [0.15, 0.2) is 0 Å². The summed E-state index contributed by atoms with van der Waals surface area (Å²) in [6.07, 6.45) is 1.80. The number of rotatable bonds is 1. The van der Waals surface area contributed by atoms with Gasteiger partial charge < -0.3 is 5.21 Å². The van der Waals surface area contributed by atoms with E-state index in [9.17, 15) is 5.21 Å². The van der Waals surface area contributed by atoms with E-state index < -0.39 is 4.84 Å². The largest absolute Gasteiger partial charge is 0.313 e. The summed E-state index contributed by atoms with van der Waals surface area (Å²) >= 11 is 11.3. The molecule has 1 heterocycles. The Morgan fingerprint density at radius 1 is 1.55 bits per heavy atom. The molecule has 0 radical (unpaired) electrons. The third-order valence-electron chi connectivity index (χ3n) is 2.28. The monoisotopic (exact) mass is 197 g/mol. The lowest BCUT2D eigenvalue weighted by molar-refractivity contribution is -0.161. The molecular weight excluding hydrogens is 185 g/mol. The number of nitrogens with zero attached hydrogens (tertiary/aromatic N) is 1. The Morgan fingerprint density at radius 3 is 2.27 bits per heavy atom. The lowest BCUT2D eigenvalue weighted by atomic mass is 10.0. The summed E-state index contributed by atoms with van der Waals surface area (Å²) in [7, 11) is 0. The maximum Gasteiger partial charge on any atom is 0.125 e. The molecule has 1 aliphatic heterocycles. The van der Waals surface area contributed by atoms with E-state index in [-0.39, 0.29) is 11.6 Å². The Morgan fingerprint density at radius 2 is 2.09 bits per heavy atom. The third kappa shape index (κ3) is 1.81. The lowest BCUT2D eigenvalue weighted by Crippen LogP contribution is -2.42. The second kappa shape index (κ2) is 3.09. The molecule has 0 aromatic heterocycles. The highest BCUT2D eigenvalue weighted by Crippen LogP contribution is 2.35. The van der Waals surface area contributed by atoms with Gasteiger partial charge in [0.05, 0.1) is 6.04 Å². The predicted octanol–water partition coefficient (Wildman–Crippen LogP) is 2.42. The first-order valence-corrected chi connectivity index (χ1v) is 4.59. The van der Waals surface area contributed by atoms with Gasteiger partial charge in [0.15, 0.2) is 0 Å². The highest BCUT2D eigenvalue weighted by Gasteiger charge is 2.41. The molecule has 4 heteroatoms. The Hall–Kier alpha value is 0.500. The highest BCUT2D eigenvalue weighted by molar-refractivity contribution is 6.44. The fourth-order valence-electron chi connectivity index (χ4n) is 1.42. The molecule has 0 amide bonds. The van der Waals surface area contributed by atoms with Crippen molar-refractivity contribution in [2.24, 2.45) is 0 Å². The molecule has 0 aromatic rings. The van der Waals surface area contributed by atoms with E-state index in [4.69, 9.17) is 23.2 Å². The smallest absolute Gasteiger partial charge is 0.125 e. The van der Waals surface area contributed by atoms with Crippen molar-refractivity contribution in [2.45, 2.75) is 43.1 Å². The molecule has 0 saturated carbocycles. The van der Waals surface area contributed by atoms with Gasteiger partial charge in [-0.3, -0.25) is 0 Å². The molecule has 0 aromatic carbocycles. The van der Waals surface area contributed by atoms with Crippen molar-refractivity contribution in [1.29, 1.82) is 0 Å². The number of halogens is 2. The molecule has 1 fully saturated rings. The summed E-state index contributed by atoms with van der Waals surface area (Å²) in [5, 5.41) is 10.8. The van der Waals surface area contributed by atoms with Crippen LogP contribution in [0.5, 0.6) is 0 Å². The molecule has 0 aliphatic carbocycles. The minimum Gasteiger partial charge on any atom is -0.313 e. The molecule has 1 saturated heterocycles. The van der Waals surface area contributed by atoms with Gasteiger partial charge in [0.25, 0.3) is 0 Å². The van der Waals surface area contributed by atoms with Crippen LogP contribution in [0, 0.1) is 0 Å². The molecule has 1 N–H and O–H groups in total. The zero-order valence-corrected chi connectivity index (χ0v) is 8.23. The minimum atomic E-state index is -0.498. The summed E-state index contributed by atoms with van der Waals surface area (Å²) in [6.45, 7) is 3.95. The van der Waals surface area contributed by atoms with Crippen LogP contribution in [0.3, 0.4) is 0 Å². The van der Waals surface area contributed by atoms with Gasteiger partial charge in [0.1, 0.15) is 4.84 Å². The van der Waals surface area contributed by atoms with E-state index in [0.717, 1.165) is 12.8 Å². The van der Waals surface area contributed by atoms with Crippen LogP contribution in [0.1, 0.15) is 26.7 Å². The standard InChI is InChI=1S/C7H13Cl2NO/c1-7(2)4-3-5(6(8)9)10(7)11/h5-6,11H,3-4H2,1-2H3/t5-/m0/s1. The van der Waals surface area contributed by atoms with Gasteiger partial charge in [-0.15, -0.1) is 23.2 Å². The highest BCUT2D eigenvalue weighted by atomic mass is 35.5. The number of hydrogen-bond acceptors (Lipinski definition) is 2. The van der Waals surface area contributed by atoms with Crippen LogP contribution in [0.4, 0.5) is 0 Å². The molecule has 1 atom stereocenters. The van der Waals surface area contributed by atoms with Gasteiger partial charge in [-0.2, -0.15) is 5.06 Å². The first-order valence-electron chi connectivity index (χ1n) is 3.71. The quantitative estimate of drug-likeness (QED) is 0.654. The van der Waals surface area contributed by atoms with Crippen LogP contribution in [-0.4, -0.2) is 26.7 Å². The molecule has 11 heavy (non-hydrogen) atoms. The predicted molar refractivity (Wildman–Crippen MR) is 46.2 cm³/mol. The number of hydroxylamine groups is 2. The zero-order valence-electron chi connectivity index (χ0n) is 6.72. The number of hydrogen-bond donors (Lipinski definition) is 1. The van der Waals surface area contributed by atoms with Crippen LogP contribution >= 0.6 is 23.2 Å². The summed E-state index contributed by atoms with van der Waals surface area (Å²) in [5.41, 5.74) is -0.174. The topological polar surface area (TPSA) is 23.5 Å². The minimum absolute atomic E-state index is 0.103. The average molecular weight is 198 g/mol. The van der Waals surface area contributed by atoms with E-state index in [1.54, 1.807) is 0 Å². The van der Waals surface area contributed by atoms with Crippen molar-refractivity contribution in [3.05, 3.63) is 0 Å². The second-order valence-corrected chi connectivity index (χ2v) is 4.76. The molecule has 0 unspecified atom stereocenters. The Kier molecular flexibility index (Phi) is 2.70. The first kappa shape index (κ1) is 9.59. The lowest BCUT2D eigenvalue weighted by Gasteiger charge is -2.29. The van der Waals surface area contributed by atoms with Crippen LogP contribution in [-0.2, 0) is 0 Å². The van der Waals surface area contributed by atoms with E-state index in [0.29, 0.717) is 0 Å². The van der Waals surface area contributed by atoms with Gasteiger partial charge in [-0.05, 0) is 26.7 Å². The fourth-order valence-corrected chi connectivity index (χ4v) is 1.89. The Balaban J connectivity index is 2.63. The van der Waals surface area contributed by atoms with Gasteiger partial charge in [0.2, 0.25) is 0 Å². The molecule has 2 nitrogen and oxygen atoms in total. The molecule has 0 spiro atoms. The maximum absolute atomic E-state index is 9.55. The van der Waals surface area contributed by atoms with Crippen LogP contribution in [0.2, 0.25) is 0 Å². The Bertz CT molecular complexity index is 149. The molecule has 1 aliphatic rings. The van der Waals surface area contributed by atoms with E-state index in [1.165, 1.54) is 5.06 Å². The third-order valence-corrected chi connectivity index (χ3v) is 2.86. The van der Waals surface area contributed by atoms with Crippen LogP contribution in [0.25, 0.3) is 0 Å². The summed E-state index contributed by atoms with van der Waals surface area (Å²) < 4.78 is 0. The van der Waals surface area contributed by atoms with Crippen molar-refractivity contribution in [3.63, 3.8) is 0 Å². The van der Waals surface area contributed by atoms with Crippen molar-refractivity contribution in [2.75, 3.05) is 0 Å². The molecule has 1 rings (SSSR count). The molecule has 66 valence electrons. The van der Waals surface area contributed by atoms with Gasteiger partial charge in [0, 0.05) is 5.54 Å². The van der Waals surface area contributed by atoms with Crippen molar-refractivity contribution in [3.8, 4) is 0 Å². The van der Waals surface area contributed by atoms with Crippen molar-refractivity contribution >= 4 is 23.2 Å². The summed E-state index contributed by atoms with van der Waals surface area (Å²) in [4.78, 5) is -0.498. The summed E-state index contributed by atoms with van der Waals surface area (Å²) in [5.74, 6) is 0. The van der Waals surface area contributed by atoms with E-state index >= 15 is 0 Å². The van der Waals surface area contributed by atoms with Crippen molar-refractivity contribution < 1.29 is 5.21 Å².